The van der Waals surface area contributed by atoms with Gasteiger partial charge in [0.05, 0.1) is 13.2 Å². The fourth-order valence-electron chi connectivity index (χ4n) is 1.65. The minimum Gasteiger partial charge on any atom is -0.481 e. The van der Waals surface area contributed by atoms with E-state index >= 15 is 0 Å². The highest BCUT2D eigenvalue weighted by Gasteiger charge is 2.55. The van der Waals surface area contributed by atoms with E-state index in [4.69, 9.17) is 14.6 Å². The largest absolute Gasteiger partial charge is 0.481 e. The molecule has 0 aromatic heterocycles. The van der Waals surface area contributed by atoms with Crippen molar-refractivity contribution in [1.82, 2.24) is 0 Å². The van der Waals surface area contributed by atoms with Crippen molar-refractivity contribution in [3.63, 3.8) is 0 Å². The first-order valence-corrected chi connectivity index (χ1v) is 3.75. The SMILES string of the molecule is O=C(O)C1CCC12OCCO2. The summed E-state index contributed by atoms with van der Waals surface area (Å²) in [6, 6.07) is 0. The number of hydrogen-bond acceptors (Lipinski definition) is 3. The molecule has 0 aromatic rings. The molecule has 62 valence electrons. The van der Waals surface area contributed by atoms with Gasteiger partial charge in [0.15, 0.2) is 5.79 Å². The van der Waals surface area contributed by atoms with E-state index in [1.54, 1.807) is 0 Å². The molecule has 1 spiro atoms. The topological polar surface area (TPSA) is 55.8 Å². The summed E-state index contributed by atoms with van der Waals surface area (Å²) in [6.07, 6.45) is 1.40. The Hall–Kier alpha value is -0.610. The Morgan fingerprint density at radius 2 is 2.09 bits per heavy atom. The van der Waals surface area contributed by atoms with Gasteiger partial charge in [-0.15, -0.1) is 0 Å². The molecule has 4 heteroatoms. The van der Waals surface area contributed by atoms with Crippen LogP contribution in [-0.2, 0) is 14.3 Å². The van der Waals surface area contributed by atoms with Crippen LogP contribution in [-0.4, -0.2) is 30.1 Å². The smallest absolute Gasteiger partial charge is 0.311 e. The summed E-state index contributed by atoms with van der Waals surface area (Å²) in [7, 11) is 0. The van der Waals surface area contributed by atoms with Crippen LogP contribution in [0.15, 0.2) is 0 Å². The second-order valence-corrected chi connectivity index (χ2v) is 2.94. The summed E-state index contributed by atoms with van der Waals surface area (Å²) in [4.78, 5) is 10.6. The number of aliphatic carboxylic acids is 1. The summed E-state index contributed by atoms with van der Waals surface area (Å²) in [5.74, 6) is -1.99. The van der Waals surface area contributed by atoms with E-state index in [2.05, 4.69) is 0 Å². The van der Waals surface area contributed by atoms with Crippen LogP contribution in [0.2, 0.25) is 0 Å². The van der Waals surface area contributed by atoms with Crippen LogP contribution >= 0.6 is 0 Å². The van der Waals surface area contributed by atoms with Crippen molar-refractivity contribution < 1.29 is 19.4 Å². The first-order valence-electron chi connectivity index (χ1n) is 3.75. The van der Waals surface area contributed by atoms with Gasteiger partial charge in [-0.2, -0.15) is 0 Å². The lowest BCUT2D eigenvalue weighted by Crippen LogP contribution is -2.51. The molecule has 1 heterocycles. The minimum atomic E-state index is -0.807. The normalized spacial score (nSPS) is 33.6. The summed E-state index contributed by atoms with van der Waals surface area (Å²) >= 11 is 0. The number of carboxylic acids is 1. The van der Waals surface area contributed by atoms with Gasteiger partial charge >= 0.3 is 5.97 Å². The van der Waals surface area contributed by atoms with Crippen molar-refractivity contribution >= 4 is 5.97 Å². The zero-order valence-electron chi connectivity index (χ0n) is 6.08. The molecule has 0 amide bonds. The van der Waals surface area contributed by atoms with Gasteiger partial charge in [0.2, 0.25) is 0 Å². The van der Waals surface area contributed by atoms with E-state index in [-0.39, 0.29) is 0 Å². The Morgan fingerprint density at radius 1 is 1.45 bits per heavy atom. The van der Waals surface area contributed by atoms with Crippen molar-refractivity contribution in [3.8, 4) is 0 Å². The maximum Gasteiger partial charge on any atom is 0.311 e. The third-order valence-corrected chi connectivity index (χ3v) is 2.39. The quantitative estimate of drug-likeness (QED) is 0.593. The average Bonchev–Trinajstić information content (AvgIpc) is 2.31. The summed E-state index contributed by atoms with van der Waals surface area (Å²) in [6.45, 7) is 1.06. The zero-order chi connectivity index (χ0) is 7.90. The molecule has 2 fully saturated rings. The molecule has 0 radical (unpaired) electrons. The molecule has 1 saturated carbocycles. The zero-order valence-corrected chi connectivity index (χ0v) is 6.08. The second-order valence-electron chi connectivity index (χ2n) is 2.94. The van der Waals surface area contributed by atoms with E-state index < -0.39 is 17.7 Å². The van der Waals surface area contributed by atoms with Gasteiger partial charge in [0, 0.05) is 6.42 Å². The second kappa shape index (κ2) is 2.19. The number of carboxylic acid groups (broad SMARTS) is 1. The maximum atomic E-state index is 10.6. The summed E-state index contributed by atoms with van der Waals surface area (Å²) in [5, 5.41) is 8.70. The highest BCUT2D eigenvalue weighted by atomic mass is 16.7. The molecule has 1 aliphatic heterocycles. The fraction of sp³-hybridized carbons (Fsp3) is 0.857. The van der Waals surface area contributed by atoms with E-state index in [9.17, 15) is 4.79 Å². The molecule has 4 nitrogen and oxygen atoms in total. The van der Waals surface area contributed by atoms with Gasteiger partial charge < -0.3 is 14.6 Å². The predicted molar refractivity (Wildman–Crippen MR) is 35.0 cm³/mol. The summed E-state index contributed by atoms with van der Waals surface area (Å²) in [5.41, 5.74) is 0. The standard InChI is InChI=1S/C7H10O4/c8-6(9)5-1-2-7(5)10-3-4-11-7/h5H,1-4H2,(H,8,9). The number of hydrogen-bond donors (Lipinski definition) is 1. The Kier molecular flexibility index (Phi) is 1.40. The fourth-order valence-corrected chi connectivity index (χ4v) is 1.65. The molecular formula is C7H10O4. The molecule has 11 heavy (non-hydrogen) atoms. The van der Waals surface area contributed by atoms with Crippen molar-refractivity contribution in [2.75, 3.05) is 13.2 Å². The van der Waals surface area contributed by atoms with Crippen molar-refractivity contribution in [3.05, 3.63) is 0 Å². The van der Waals surface area contributed by atoms with Gasteiger partial charge in [-0.25, -0.2) is 0 Å². The highest BCUT2D eigenvalue weighted by Crippen LogP contribution is 2.45. The monoisotopic (exact) mass is 158 g/mol. The molecule has 1 aliphatic carbocycles. The third kappa shape index (κ3) is 0.862. The number of rotatable bonds is 1. The van der Waals surface area contributed by atoms with Crippen LogP contribution in [0.1, 0.15) is 12.8 Å². The first-order chi connectivity index (χ1) is 5.25. The van der Waals surface area contributed by atoms with Gasteiger partial charge in [0.25, 0.3) is 0 Å². The molecule has 1 unspecified atom stereocenters. The molecule has 1 saturated heterocycles. The Morgan fingerprint density at radius 3 is 2.45 bits per heavy atom. The minimum absolute atomic E-state index is 0.440. The van der Waals surface area contributed by atoms with Crippen LogP contribution in [0.4, 0.5) is 0 Å². The van der Waals surface area contributed by atoms with Crippen LogP contribution in [0.3, 0.4) is 0 Å². The first kappa shape index (κ1) is 7.06. The predicted octanol–water partition coefficient (Wildman–Crippen LogP) is 0.224. The molecule has 2 rings (SSSR count). The Balaban J connectivity index is 2.09. The summed E-state index contributed by atoms with van der Waals surface area (Å²) < 4.78 is 10.5. The third-order valence-electron chi connectivity index (χ3n) is 2.39. The van der Waals surface area contributed by atoms with Crippen LogP contribution in [0, 0.1) is 5.92 Å². The van der Waals surface area contributed by atoms with Crippen LogP contribution in [0.25, 0.3) is 0 Å². The van der Waals surface area contributed by atoms with Gasteiger partial charge in [0.1, 0.15) is 5.92 Å². The van der Waals surface area contributed by atoms with Crippen LogP contribution < -0.4 is 0 Å². The van der Waals surface area contributed by atoms with Crippen LogP contribution in [0.5, 0.6) is 0 Å². The maximum absolute atomic E-state index is 10.6. The van der Waals surface area contributed by atoms with Gasteiger partial charge in [-0.1, -0.05) is 0 Å². The Labute approximate surface area is 64.1 Å². The molecule has 1 atom stereocenters. The number of carbonyl (C=O) groups is 1. The molecule has 1 N–H and O–H groups in total. The van der Waals surface area contributed by atoms with Gasteiger partial charge in [-0.3, -0.25) is 4.79 Å². The van der Waals surface area contributed by atoms with E-state index in [1.165, 1.54) is 0 Å². The average molecular weight is 158 g/mol. The van der Waals surface area contributed by atoms with Gasteiger partial charge in [-0.05, 0) is 6.42 Å². The van der Waals surface area contributed by atoms with Crippen molar-refractivity contribution in [2.24, 2.45) is 5.92 Å². The lowest BCUT2D eigenvalue weighted by atomic mass is 9.78. The molecule has 0 bridgehead atoms. The van der Waals surface area contributed by atoms with Crippen molar-refractivity contribution in [2.45, 2.75) is 18.6 Å². The lowest BCUT2D eigenvalue weighted by Gasteiger charge is -2.41. The highest BCUT2D eigenvalue weighted by molar-refractivity contribution is 5.72. The van der Waals surface area contributed by atoms with Crippen molar-refractivity contribution in [1.29, 1.82) is 0 Å². The molecular weight excluding hydrogens is 148 g/mol. The molecule has 0 aromatic carbocycles. The lowest BCUT2D eigenvalue weighted by molar-refractivity contribution is -0.249. The van der Waals surface area contributed by atoms with E-state index in [0.717, 1.165) is 6.42 Å². The number of ether oxygens (including phenoxy) is 2. The molecule has 2 aliphatic rings. The van der Waals surface area contributed by atoms with E-state index in [1.807, 2.05) is 0 Å². The van der Waals surface area contributed by atoms with E-state index in [0.29, 0.717) is 19.6 Å². The Bertz CT molecular complexity index is 183.